The summed E-state index contributed by atoms with van der Waals surface area (Å²) in [5.41, 5.74) is 4.91. The molecule has 18 heavy (non-hydrogen) atoms. The van der Waals surface area contributed by atoms with Crippen LogP contribution in [0, 0.1) is 5.92 Å². The van der Waals surface area contributed by atoms with E-state index in [1.54, 1.807) is 7.05 Å². The number of amides is 3. The monoisotopic (exact) mass is 259 g/mol. The number of nitrogens with two attached hydrogens (primary N) is 1. The second kappa shape index (κ2) is 7.52. The maximum atomic E-state index is 11.7. The molecule has 0 saturated heterocycles. The van der Waals surface area contributed by atoms with E-state index in [2.05, 4.69) is 5.32 Å². The standard InChI is InChI=1S/C11H21N3O4/c1-7(2)4-5-14(3)11(18)13-8(10(16)17)6-9(12)15/h7-8H,4-6H2,1-3H3,(H2,12,15)(H,13,18)(H,16,17). The minimum absolute atomic E-state index is 0.418. The van der Waals surface area contributed by atoms with Crippen LogP contribution in [0.2, 0.25) is 0 Å². The summed E-state index contributed by atoms with van der Waals surface area (Å²) < 4.78 is 0. The van der Waals surface area contributed by atoms with Crippen LogP contribution >= 0.6 is 0 Å². The van der Waals surface area contributed by atoms with E-state index in [4.69, 9.17) is 10.8 Å². The lowest BCUT2D eigenvalue weighted by molar-refractivity contribution is -0.140. The zero-order valence-electron chi connectivity index (χ0n) is 11.0. The number of aliphatic carboxylic acids is 1. The van der Waals surface area contributed by atoms with E-state index in [1.807, 2.05) is 13.8 Å². The van der Waals surface area contributed by atoms with E-state index in [0.717, 1.165) is 6.42 Å². The molecule has 0 bridgehead atoms. The van der Waals surface area contributed by atoms with Gasteiger partial charge in [0, 0.05) is 13.6 Å². The van der Waals surface area contributed by atoms with Crippen LogP contribution in [0.5, 0.6) is 0 Å². The fourth-order valence-corrected chi connectivity index (χ4v) is 1.21. The molecule has 0 aromatic heterocycles. The Balaban J connectivity index is 4.32. The highest BCUT2D eigenvalue weighted by Gasteiger charge is 2.23. The van der Waals surface area contributed by atoms with Crippen LogP contribution in [-0.2, 0) is 9.59 Å². The summed E-state index contributed by atoms with van der Waals surface area (Å²) in [5, 5.41) is 11.1. The molecule has 0 spiro atoms. The predicted octanol–water partition coefficient (Wildman–Crippen LogP) is 0.00250. The van der Waals surface area contributed by atoms with E-state index in [0.29, 0.717) is 12.5 Å². The Labute approximate surface area is 106 Å². The van der Waals surface area contributed by atoms with Crippen molar-refractivity contribution in [2.75, 3.05) is 13.6 Å². The lowest BCUT2D eigenvalue weighted by Crippen LogP contribution is -2.48. The zero-order valence-corrected chi connectivity index (χ0v) is 11.0. The van der Waals surface area contributed by atoms with Crippen molar-refractivity contribution < 1.29 is 19.5 Å². The first-order chi connectivity index (χ1) is 8.23. The van der Waals surface area contributed by atoms with Gasteiger partial charge in [-0.1, -0.05) is 13.8 Å². The van der Waals surface area contributed by atoms with Crippen LogP contribution in [0.4, 0.5) is 4.79 Å². The van der Waals surface area contributed by atoms with Crippen molar-refractivity contribution in [3.05, 3.63) is 0 Å². The third kappa shape index (κ3) is 6.72. The Hall–Kier alpha value is -1.79. The Kier molecular flexibility index (Phi) is 6.77. The van der Waals surface area contributed by atoms with Gasteiger partial charge in [-0.05, 0) is 12.3 Å². The molecule has 104 valence electrons. The minimum atomic E-state index is -1.28. The largest absolute Gasteiger partial charge is 0.480 e. The molecular formula is C11H21N3O4. The molecule has 0 aliphatic carbocycles. The molecule has 0 rings (SSSR count). The summed E-state index contributed by atoms with van der Waals surface area (Å²) >= 11 is 0. The average molecular weight is 259 g/mol. The van der Waals surface area contributed by atoms with Gasteiger partial charge in [0.2, 0.25) is 5.91 Å². The number of carboxylic acids is 1. The van der Waals surface area contributed by atoms with Gasteiger partial charge in [0.25, 0.3) is 0 Å². The van der Waals surface area contributed by atoms with E-state index in [9.17, 15) is 14.4 Å². The van der Waals surface area contributed by atoms with Crippen molar-refractivity contribution in [1.29, 1.82) is 0 Å². The molecular weight excluding hydrogens is 238 g/mol. The van der Waals surface area contributed by atoms with E-state index in [-0.39, 0.29) is 0 Å². The fourth-order valence-electron chi connectivity index (χ4n) is 1.21. The van der Waals surface area contributed by atoms with Crippen molar-refractivity contribution in [3.8, 4) is 0 Å². The molecule has 0 radical (unpaired) electrons. The first-order valence-corrected chi connectivity index (χ1v) is 5.76. The second-order valence-corrected chi connectivity index (χ2v) is 4.61. The summed E-state index contributed by atoms with van der Waals surface area (Å²) in [6.45, 7) is 4.57. The molecule has 0 fully saturated rings. The normalized spacial score (nSPS) is 12.0. The quantitative estimate of drug-likeness (QED) is 0.597. The molecule has 0 aromatic rings. The summed E-state index contributed by atoms with van der Waals surface area (Å²) in [6, 6.07) is -1.80. The second-order valence-electron chi connectivity index (χ2n) is 4.61. The van der Waals surface area contributed by atoms with Gasteiger partial charge < -0.3 is 21.1 Å². The number of carboxylic acid groups (broad SMARTS) is 1. The first kappa shape index (κ1) is 16.2. The topological polar surface area (TPSA) is 113 Å². The predicted molar refractivity (Wildman–Crippen MR) is 65.9 cm³/mol. The van der Waals surface area contributed by atoms with Gasteiger partial charge in [-0.25, -0.2) is 9.59 Å². The molecule has 7 nitrogen and oxygen atoms in total. The van der Waals surface area contributed by atoms with Gasteiger partial charge in [0.05, 0.1) is 6.42 Å². The van der Waals surface area contributed by atoms with Crippen LogP contribution < -0.4 is 11.1 Å². The number of carbonyl (C=O) groups is 3. The molecule has 1 atom stereocenters. The zero-order chi connectivity index (χ0) is 14.3. The van der Waals surface area contributed by atoms with Crippen molar-refractivity contribution in [2.45, 2.75) is 32.7 Å². The average Bonchev–Trinajstić information content (AvgIpc) is 2.23. The molecule has 1 unspecified atom stereocenters. The molecule has 4 N–H and O–H groups in total. The fraction of sp³-hybridized carbons (Fsp3) is 0.727. The van der Waals surface area contributed by atoms with Crippen LogP contribution in [0.25, 0.3) is 0 Å². The van der Waals surface area contributed by atoms with Crippen molar-refractivity contribution in [2.24, 2.45) is 11.7 Å². The van der Waals surface area contributed by atoms with Gasteiger partial charge in [0.15, 0.2) is 0 Å². The van der Waals surface area contributed by atoms with E-state index < -0.39 is 30.4 Å². The Morgan fingerprint density at radius 3 is 2.28 bits per heavy atom. The van der Waals surface area contributed by atoms with E-state index in [1.165, 1.54) is 4.90 Å². The van der Waals surface area contributed by atoms with Crippen LogP contribution in [0.1, 0.15) is 26.7 Å². The SMILES string of the molecule is CC(C)CCN(C)C(=O)NC(CC(N)=O)C(=O)O. The number of nitrogens with one attached hydrogen (secondary N) is 1. The summed E-state index contributed by atoms with van der Waals surface area (Å²) in [5.74, 6) is -1.60. The summed E-state index contributed by atoms with van der Waals surface area (Å²) in [7, 11) is 1.57. The maximum absolute atomic E-state index is 11.7. The van der Waals surface area contributed by atoms with Gasteiger partial charge in [-0.3, -0.25) is 4.79 Å². The van der Waals surface area contributed by atoms with Crippen molar-refractivity contribution in [1.82, 2.24) is 10.2 Å². The highest BCUT2D eigenvalue weighted by Crippen LogP contribution is 2.01. The maximum Gasteiger partial charge on any atom is 0.326 e. The number of urea groups is 1. The lowest BCUT2D eigenvalue weighted by Gasteiger charge is -2.21. The van der Waals surface area contributed by atoms with Crippen LogP contribution in [0.3, 0.4) is 0 Å². The number of hydrogen-bond donors (Lipinski definition) is 3. The number of carbonyl (C=O) groups excluding carboxylic acids is 2. The van der Waals surface area contributed by atoms with Crippen molar-refractivity contribution in [3.63, 3.8) is 0 Å². The molecule has 0 aromatic carbocycles. The number of primary amides is 1. The molecule has 0 heterocycles. The van der Waals surface area contributed by atoms with Crippen LogP contribution in [-0.4, -0.2) is 47.5 Å². The van der Waals surface area contributed by atoms with Gasteiger partial charge in [-0.15, -0.1) is 0 Å². The lowest BCUT2D eigenvalue weighted by atomic mass is 10.1. The van der Waals surface area contributed by atoms with Crippen LogP contribution in [0.15, 0.2) is 0 Å². The number of hydrogen-bond acceptors (Lipinski definition) is 3. The highest BCUT2D eigenvalue weighted by atomic mass is 16.4. The third-order valence-electron chi connectivity index (χ3n) is 2.39. The third-order valence-corrected chi connectivity index (χ3v) is 2.39. The number of rotatable bonds is 7. The van der Waals surface area contributed by atoms with Gasteiger partial charge in [-0.2, -0.15) is 0 Å². The smallest absolute Gasteiger partial charge is 0.326 e. The first-order valence-electron chi connectivity index (χ1n) is 5.76. The van der Waals surface area contributed by atoms with Gasteiger partial charge >= 0.3 is 12.0 Å². The Morgan fingerprint density at radius 2 is 1.89 bits per heavy atom. The van der Waals surface area contributed by atoms with E-state index >= 15 is 0 Å². The summed E-state index contributed by atoms with van der Waals surface area (Å²) in [4.78, 5) is 34.5. The molecule has 3 amide bonds. The molecule has 0 aliphatic rings. The molecule has 7 heteroatoms. The number of nitrogens with zero attached hydrogens (tertiary/aromatic N) is 1. The summed E-state index contributed by atoms with van der Waals surface area (Å²) in [6.07, 6.45) is 0.399. The Morgan fingerprint density at radius 1 is 1.33 bits per heavy atom. The minimum Gasteiger partial charge on any atom is -0.480 e. The molecule has 0 aliphatic heterocycles. The highest BCUT2D eigenvalue weighted by molar-refractivity contribution is 5.87. The van der Waals surface area contributed by atoms with Crippen molar-refractivity contribution >= 4 is 17.9 Å². The van der Waals surface area contributed by atoms with Gasteiger partial charge in [0.1, 0.15) is 6.04 Å². The Bertz CT molecular complexity index is 317. The molecule has 0 saturated carbocycles.